The van der Waals surface area contributed by atoms with Gasteiger partial charge in [0, 0.05) is 43.7 Å². The highest BCUT2D eigenvalue weighted by Crippen LogP contribution is 2.26. The standard InChI is InChI=1S/C34H40F2N2O/c1-25-6-2-3-8-30(25)23-37-18-14-26(15-19-37)7-4-11-34(39)29-13-12-27-16-20-38(21-17-28(27)22-29)24-31-32(35)9-5-10-33(31)36/h2-3,5-6,8-10,12-13,22,26H,4,7,11,14-21,23-24H2,1H3. The van der Waals surface area contributed by atoms with Crippen LogP contribution in [0.4, 0.5) is 8.78 Å². The summed E-state index contributed by atoms with van der Waals surface area (Å²) in [4.78, 5) is 17.7. The van der Waals surface area contributed by atoms with Crippen LogP contribution in [-0.4, -0.2) is 41.8 Å². The van der Waals surface area contributed by atoms with E-state index >= 15 is 0 Å². The van der Waals surface area contributed by atoms with Crippen LogP contribution in [0.5, 0.6) is 0 Å². The topological polar surface area (TPSA) is 23.6 Å². The molecule has 3 aromatic rings. The molecule has 3 nitrogen and oxygen atoms in total. The predicted octanol–water partition coefficient (Wildman–Crippen LogP) is 7.14. The van der Waals surface area contributed by atoms with Crippen LogP contribution in [0.15, 0.2) is 60.7 Å². The zero-order chi connectivity index (χ0) is 27.2. The summed E-state index contributed by atoms with van der Waals surface area (Å²) in [6.45, 7) is 7.24. The Bertz CT molecular complexity index is 1260. The van der Waals surface area contributed by atoms with Crippen molar-refractivity contribution in [1.82, 2.24) is 9.80 Å². The quantitative estimate of drug-likeness (QED) is 0.275. The monoisotopic (exact) mass is 530 g/mol. The van der Waals surface area contributed by atoms with E-state index in [1.807, 2.05) is 6.07 Å². The van der Waals surface area contributed by atoms with Crippen molar-refractivity contribution in [2.45, 2.75) is 65.0 Å². The van der Waals surface area contributed by atoms with Gasteiger partial charge in [-0.2, -0.15) is 0 Å². The fourth-order valence-electron chi connectivity index (χ4n) is 6.17. The van der Waals surface area contributed by atoms with Gasteiger partial charge in [0.2, 0.25) is 0 Å². The maximum Gasteiger partial charge on any atom is 0.162 e. The molecule has 0 atom stereocenters. The first-order valence-corrected chi connectivity index (χ1v) is 14.5. The smallest absolute Gasteiger partial charge is 0.162 e. The molecule has 0 N–H and O–H groups in total. The van der Waals surface area contributed by atoms with Crippen molar-refractivity contribution < 1.29 is 13.6 Å². The lowest BCUT2D eigenvalue weighted by Crippen LogP contribution is -2.33. The van der Waals surface area contributed by atoms with Crippen LogP contribution in [0, 0.1) is 24.5 Å². The summed E-state index contributed by atoms with van der Waals surface area (Å²) < 4.78 is 28.3. The second-order valence-electron chi connectivity index (χ2n) is 11.4. The highest BCUT2D eigenvalue weighted by Gasteiger charge is 2.21. The number of hydrogen-bond acceptors (Lipinski definition) is 3. The molecule has 0 aliphatic carbocycles. The van der Waals surface area contributed by atoms with Crippen molar-refractivity contribution in [3.63, 3.8) is 0 Å². The zero-order valence-electron chi connectivity index (χ0n) is 23.1. The summed E-state index contributed by atoms with van der Waals surface area (Å²) in [6.07, 6.45) is 6.70. The normalized spacial score (nSPS) is 17.1. The van der Waals surface area contributed by atoms with Gasteiger partial charge in [0.15, 0.2) is 5.78 Å². The van der Waals surface area contributed by atoms with Crippen molar-refractivity contribution in [1.29, 1.82) is 0 Å². The van der Waals surface area contributed by atoms with Crippen LogP contribution in [0.1, 0.15) is 70.3 Å². The van der Waals surface area contributed by atoms with Gasteiger partial charge in [-0.15, -0.1) is 0 Å². The van der Waals surface area contributed by atoms with Crippen molar-refractivity contribution in [3.05, 3.63) is 106 Å². The van der Waals surface area contributed by atoms with Gasteiger partial charge in [-0.25, -0.2) is 8.78 Å². The number of carbonyl (C=O) groups is 1. The molecule has 39 heavy (non-hydrogen) atoms. The van der Waals surface area contributed by atoms with E-state index in [0.717, 1.165) is 64.0 Å². The Kier molecular flexibility index (Phi) is 9.21. The number of fused-ring (bicyclic) bond motifs is 1. The summed E-state index contributed by atoms with van der Waals surface area (Å²) in [5.41, 5.74) is 6.16. The number of Topliss-reactive ketones (excluding diaryl/α,β-unsaturated/α-hetero) is 1. The Labute approximate surface area is 231 Å². The molecular formula is C34H40F2N2O. The van der Waals surface area contributed by atoms with Crippen LogP contribution in [-0.2, 0) is 25.9 Å². The van der Waals surface area contributed by atoms with Crippen molar-refractivity contribution in [3.8, 4) is 0 Å². The van der Waals surface area contributed by atoms with Crippen LogP contribution in [0.2, 0.25) is 0 Å². The molecule has 0 bridgehead atoms. The van der Waals surface area contributed by atoms with E-state index in [2.05, 4.69) is 53.1 Å². The number of carbonyl (C=O) groups excluding carboxylic acids is 1. The predicted molar refractivity (Wildman–Crippen MR) is 153 cm³/mol. The minimum Gasteiger partial charge on any atom is -0.299 e. The van der Waals surface area contributed by atoms with Gasteiger partial charge in [-0.05, 0) is 105 Å². The molecule has 1 fully saturated rings. The first kappa shape index (κ1) is 27.7. The number of rotatable bonds is 9. The molecule has 3 aromatic carbocycles. The van der Waals surface area contributed by atoms with Crippen molar-refractivity contribution in [2.75, 3.05) is 26.2 Å². The summed E-state index contributed by atoms with van der Waals surface area (Å²) in [5.74, 6) is -0.0394. The second kappa shape index (κ2) is 13.0. The minimum atomic E-state index is -0.488. The number of aryl methyl sites for hydroxylation is 1. The lowest BCUT2D eigenvalue weighted by Gasteiger charge is -2.32. The Morgan fingerprint density at radius 1 is 0.821 bits per heavy atom. The van der Waals surface area contributed by atoms with E-state index < -0.39 is 11.6 Å². The molecule has 2 aliphatic rings. The molecule has 0 unspecified atom stereocenters. The molecule has 2 heterocycles. The van der Waals surface area contributed by atoms with E-state index in [1.165, 1.54) is 53.3 Å². The summed E-state index contributed by atoms with van der Waals surface area (Å²) in [6, 6.07) is 18.8. The van der Waals surface area contributed by atoms with E-state index in [-0.39, 0.29) is 17.9 Å². The average Bonchev–Trinajstić information content (AvgIpc) is 3.15. The van der Waals surface area contributed by atoms with Crippen LogP contribution in [0.3, 0.4) is 0 Å². The fraction of sp³-hybridized carbons (Fsp3) is 0.441. The molecule has 0 aromatic heterocycles. The third-order valence-electron chi connectivity index (χ3n) is 8.74. The second-order valence-corrected chi connectivity index (χ2v) is 11.4. The molecule has 0 amide bonds. The largest absolute Gasteiger partial charge is 0.299 e. The summed E-state index contributed by atoms with van der Waals surface area (Å²) in [5, 5.41) is 0. The Morgan fingerprint density at radius 3 is 2.26 bits per heavy atom. The zero-order valence-corrected chi connectivity index (χ0v) is 23.1. The lowest BCUT2D eigenvalue weighted by atomic mass is 9.90. The van der Waals surface area contributed by atoms with Crippen LogP contribution < -0.4 is 0 Å². The Hall–Kier alpha value is -2.89. The number of halogens is 2. The van der Waals surface area contributed by atoms with Gasteiger partial charge in [-0.1, -0.05) is 42.5 Å². The number of ketones is 1. The lowest BCUT2D eigenvalue weighted by molar-refractivity contribution is 0.0974. The van der Waals surface area contributed by atoms with Gasteiger partial charge in [0.1, 0.15) is 11.6 Å². The first-order valence-electron chi connectivity index (χ1n) is 14.5. The number of nitrogens with zero attached hydrogens (tertiary/aromatic N) is 2. The molecule has 0 radical (unpaired) electrons. The number of hydrogen-bond donors (Lipinski definition) is 0. The van der Waals surface area contributed by atoms with Gasteiger partial charge < -0.3 is 0 Å². The fourth-order valence-corrected chi connectivity index (χ4v) is 6.17. The first-order chi connectivity index (χ1) is 19.0. The number of likely N-dealkylation sites (tertiary alicyclic amines) is 1. The summed E-state index contributed by atoms with van der Waals surface area (Å²) >= 11 is 0. The van der Waals surface area contributed by atoms with Gasteiger partial charge >= 0.3 is 0 Å². The number of piperidine rings is 1. The summed E-state index contributed by atoms with van der Waals surface area (Å²) in [7, 11) is 0. The highest BCUT2D eigenvalue weighted by molar-refractivity contribution is 5.96. The minimum absolute atomic E-state index is 0.135. The van der Waals surface area contributed by atoms with E-state index in [0.29, 0.717) is 12.3 Å². The Balaban J connectivity index is 1.07. The van der Waals surface area contributed by atoms with E-state index in [1.54, 1.807) is 0 Å². The van der Waals surface area contributed by atoms with Crippen LogP contribution in [0.25, 0.3) is 0 Å². The molecule has 2 aliphatic heterocycles. The molecule has 0 spiro atoms. The molecule has 1 saturated heterocycles. The SMILES string of the molecule is Cc1ccccc1CN1CCC(CCCC(=O)c2ccc3c(c2)CCN(Cc2c(F)cccc2F)CC3)CC1. The highest BCUT2D eigenvalue weighted by atomic mass is 19.1. The van der Waals surface area contributed by atoms with Gasteiger partial charge in [0.05, 0.1) is 0 Å². The molecule has 206 valence electrons. The van der Waals surface area contributed by atoms with Gasteiger partial charge in [0.25, 0.3) is 0 Å². The maximum atomic E-state index is 14.1. The van der Waals surface area contributed by atoms with Gasteiger partial charge in [-0.3, -0.25) is 14.6 Å². The van der Waals surface area contributed by atoms with Crippen molar-refractivity contribution >= 4 is 5.78 Å². The van der Waals surface area contributed by atoms with Crippen LogP contribution >= 0.6 is 0 Å². The molecule has 5 rings (SSSR count). The Morgan fingerprint density at radius 2 is 1.51 bits per heavy atom. The maximum absolute atomic E-state index is 14.1. The van der Waals surface area contributed by atoms with E-state index in [4.69, 9.17) is 0 Å². The third kappa shape index (κ3) is 7.20. The number of benzene rings is 3. The van der Waals surface area contributed by atoms with Crippen molar-refractivity contribution in [2.24, 2.45) is 5.92 Å². The van der Waals surface area contributed by atoms with E-state index in [9.17, 15) is 13.6 Å². The third-order valence-corrected chi connectivity index (χ3v) is 8.74. The molecular weight excluding hydrogens is 490 g/mol. The average molecular weight is 531 g/mol. The molecule has 5 heteroatoms. The molecule has 0 saturated carbocycles.